The fourth-order valence-electron chi connectivity index (χ4n) is 1.95. The Morgan fingerprint density at radius 2 is 2.41 bits per heavy atom. The summed E-state index contributed by atoms with van der Waals surface area (Å²) >= 11 is 1.89. The van der Waals surface area contributed by atoms with Gasteiger partial charge in [0, 0.05) is 16.9 Å². The van der Waals surface area contributed by atoms with E-state index in [2.05, 4.69) is 18.5 Å². The monoisotopic (exact) mass is 253 g/mol. The predicted molar refractivity (Wildman–Crippen MR) is 71.9 cm³/mol. The topological polar surface area (TPSA) is 41.5 Å². The van der Waals surface area contributed by atoms with Crippen molar-refractivity contribution in [2.24, 2.45) is 0 Å². The Morgan fingerprint density at radius 1 is 1.59 bits per heavy atom. The summed E-state index contributed by atoms with van der Waals surface area (Å²) in [4.78, 5) is 0. The number of hydrogen-bond donors (Lipinski definition) is 2. The molecule has 1 aliphatic heterocycles. The molecular formula is C13H19NO2S. The molecule has 4 heteroatoms. The summed E-state index contributed by atoms with van der Waals surface area (Å²) in [6.07, 6.45) is 3.30. The van der Waals surface area contributed by atoms with Gasteiger partial charge in [0.25, 0.3) is 0 Å². The van der Waals surface area contributed by atoms with Crippen LogP contribution in [0.3, 0.4) is 0 Å². The highest BCUT2D eigenvalue weighted by molar-refractivity contribution is 7.99. The Balaban J connectivity index is 1.89. The maximum atomic E-state index is 9.36. The van der Waals surface area contributed by atoms with E-state index >= 15 is 0 Å². The van der Waals surface area contributed by atoms with Crippen LogP contribution >= 0.6 is 11.8 Å². The third kappa shape index (κ3) is 3.07. The Morgan fingerprint density at radius 3 is 3.18 bits per heavy atom. The van der Waals surface area contributed by atoms with Crippen molar-refractivity contribution in [3.63, 3.8) is 0 Å². The van der Waals surface area contributed by atoms with Crippen molar-refractivity contribution < 1.29 is 9.84 Å². The molecule has 0 aromatic heterocycles. The Bertz CT molecular complexity index is 384. The van der Waals surface area contributed by atoms with Gasteiger partial charge in [0.2, 0.25) is 0 Å². The van der Waals surface area contributed by atoms with Gasteiger partial charge in [-0.15, -0.1) is 0 Å². The quantitative estimate of drug-likeness (QED) is 0.846. The molecular weight excluding hydrogens is 234 g/mol. The van der Waals surface area contributed by atoms with Crippen LogP contribution in [-0.2, 0) is 0 Å². The van der Waals surface area contributed by atoms with Crippen molar-refractivity contribution in [2.45, 2.75) is 24.6 Å². The van der Waals surface area contributed by atoms with Gasteiger partial charge in [0.05, 0.1) is 6.04 Å². The molecule has 1 aliphatic rings. The van der Waals surface area contributed by atoms with Crippen LogP contribution in [0.4, 0.5) is 0 Å². The molecule has 0 saturated carbocycles. The van der Waals surface area contributed by atoms with Gasteiger partial charge >= 0.3 is 0 Å². The summed E-state index contributed by atoms with van der Waals surface area (Å²) in [5, 5.41) is 13.5. The molecule has 1 aromatic carbocycles. The molecule has 0 radical (unpaired) electrons. The first-order valence-corrected chi connectivity index (χ1v) is 7.21. The zero-order valence-electron chi connectivity index (χ0n) is 10.3. The molecule has 0 saturated heterocycles. The van der Waals surface area contributed by atoms with Crippen LogP contribution in [0.25, 0.3) is 0 Å². The van der Waals surface area contributed by atoms with Gasteiger partial charge < -0.3 is 15.2 Å². The minimum Gasteiger partial charge on any atom is -0.508 e. The van der Waals surface area contributed by atoms with Crippen molar-refractivity contribution in [2.75, 3.05) is 19.4 Å². The molecule has 1 heterocycles. The van der Waals surface area contributed by atoms with E-state index in [0.29, 0.717) is 11.9 Å². The second-order valence-corrected chi connectivity index (χ2v) is 5.65. The van der Waals surface area contributed by atoms with E-state index < -0.39 is 0 Å². The predicted octanol–water partition coefficient (Wildman–Crippen LogP) is 2.56. The summed E-state index contributed by atoms with van der Waals surface area (Å²) < 4.78 is 5.55. The lowest BCUT2D eigenvalue weighted by Crippen LogP contribution is -2.25. The standard InChI is InChI=1S/C13H19NO2S/c1-9(17-2)5-6-14-12-8-16-13-7-10(15)3-4-11(12)13/h3-4,7,9,12,14-15H,5-6,8H2,1-2H3. The Labute approximate surface area is 107 Å². The van der Waals surface area contributed by atoms with Crippen molar-refractivity contribution >= 4 is 11.8 Å². The van der Waals surface area contributed by atoms with Gasteiger partial charge in [-0.05, 0) is 31.4 Å². The lowest BCUT2D eigenvalue weighted by molar-refractivity contribution is 0.310. The summed E-state index contributed by atoms with van der Waals surface area (Å²) in [5.74, 6) is 1.07. The molecule has 2 N–H and O–H groups in total. The molecule has 94 valence electrons. The Hall–Kier alpha value is -0.870. The number of rotatable bonds is 5. The number of thioether (sulfide) groups is 1. The number of nitrogens with one attached hydrogen (secondary N) is 1. The molecule has 0 spiro atoms. The van der Waals surface area contributed by atoms with E-state index in [1.807, 2.05) is 17.8 Å². The highest BCUT2D eigenvalue weighted by Gasteiger charge is 2.23. The fraction of sp³-hybridized carbons (Fsp3) is 0.538. The largest absolute Gasteiger partial charge is 0.508 e. The summed E-state index contributed by atoms with van der Waals surface area (Å²) in [7, 11) is 0. The first-order chi connectivity index (χ1) is 8.20. The smallest absolute Gasteiger partial charge is 0.127 e. The van der Waals surface area contributed by atoms with Crippen LogP contribution in [-0.4, -0.2) is 29.8 Å². The lowest BCUT2D eigenvalue weighted by Gasteiger charge is -2.13. The lowest BCUT2D eigenvalue weighted by atomic mass is 10.1. The molecule has 1 aromatic rings. The summed E-state index contributed by atoms with van der Waals surface area (Å²) in [6, 6.07) is 5.60. The summed E-state index contributed by atoms with van der Waals surface area (Å²) in [6.45, 7) is 3.90. The number of phenolic OH excluding ortho intramolecular Hbond substituents is 1. The van der Waals surface area contributed by atoms with Gasteiger partial charge in [0.1, 0.15) is 18.1 Å². The maximum absolute atomic E-state index is 9.36. The number of fused-ring (bicyclic) bond motifs is 1. The highest BCUT2D eigenvalue weighted by atomic mass is 32.2. The van der Waals surface area contributed by atoms with E-state index in [9.17, 15) is 5.11 Å². The number of hydrogen-bond acceptors (Lipinski definition) is 4. The van der Waals surface area contributed by atoms with Crippen LogP contribution < -0.4 is 10.1 Å². The molecule has 2 unspecified atom stereocenters. The van der Waals surface area contributed by atoms with Crippen molar-refractivity contribution in [1.29, 1.82) is 0 Å². The van der Waals surface area contributed by atoms with E-state index in [4.69, 9.17) is 4.74 Å². The average molecular weight is 253 g/mol. The van der Waals surface area contributed by atoms with E-state index in [1.165, 1.54) is 0 Å². The minimum absolute atomic E-state index is 0.264. The van der Waals surface area contributed by atoms with Gasteiger partial charge in [-0.25, -0.2) is 0 Å². The molecule has 0 bridgehead atoms. The van der Waals surface area contributed by atoms with Gasteiger partial charge in [0.15, 0.2) is 0 Å². The molecule has 0 fully saturated rings. The van der Waals surface area contributed by atoms with Crippen molar-refractivity contribution in [3.05, 3.63) is 23.8 Å². The molecule has 17 heavy (non-hydrogen) atoms. The van der Waals surface area contributed by atoms with Gasteiger partial charge in [-0.2, -0.15) is 11.8 Å². The SMILES string of the molecule is CSC(C)CCNC1COc2cc(O)ccc21. The van der Waals surface area contributed by atoms with Crippen LogP contribution in [0.5, 0.6) is 11.5 Å². The number of aromatic hydroxyl groups is 1. The third-order valence-electron chi connectivity index (χ3n) is 3.12. The first kappa shape index (κ1) is 12.6. The summed E-state index contributed by atoms with van der Waals surface area (Å²) in [5.41, 5.74) is 1.15. The average Bonchev–Trinajstić information content (AvgIpc) is 2.71. The first-order valence-electron chi connectivity index (χ1n) is 5.92. The van der Waals surface area contributed by atoms with Gasteiger partial charge in [-0.1, -0.05) is 6.92 Å². The van der Waals surface area contributed by atoms with Crippen LogP contribution in [0.15, 0.2) is 18.2 Å². The third-order valence-corrected chi connectivity index (χ3v) is 4.16. The van der Waals surface area contributed by atoms with Crippen LogP contribution in [0, 0.1) is 0 Å². The number of phenols is 1. The zero-order valence-corrected chi connectivity index (χ0v) is 11.1. The van der Waals surface area contributed by atoms with Crippen LogP contribution in [0.2, 0.25) is 0 Å². The molecule has 0 aliphatic carbocycles. The molecule has 2 rings (SSSR count). The molecule has 2 atom stereocenters. The van der Waals surface area contributed by atoms with Gasteiger partial charge in [-0.3, -0.25) is 0 Å². The normalized spacial score (nSPS) is 19.8. The second-order valence-electron chi connectivity index (χ2n) is 4.37. The van der Waals surface area contributed by atoms with Crippen molar-refractivity contribution in [1.82, 2.24) is 5.32 Å². The van der Waals surface area contributed by atoms with E-state index in [0.717, 1.165) is 24.3 Å². The molecule has 3 nitrogen and oxygen atoms in total. The number of benzene rings is 1. The van der Waals surface area contributed by atoms with Crippen molar-refractivity contribution in [3.8, 4) is 11.5 Å². The highest BCUT2D eigenvalue weighted by Crippen LogP contribution is 2.34. The fourth-order valence-corrected chi connectivity index (χ4v) is 2.30. The minimum atomic E-state index is 0.264. The van der Waals surface area contributed by atoms with Crippen LogP contribution in [0.1, 0.15) is 24.9 Å². The molecule has 0 amide bonds. The van der Waals surface area contributed by atoms with E-state index in [-0.39, 0.29) is 11.8 Å². The second kappa shape index (κ2) is 5.65. The maximum Gasteiger partial charge on any atom is 0.127 e. The number of ether oxygens (including phenoxy) is 1. The zero-order chi connectivity index (χ0) is 12.3. The Kier molecular flexibility index (Phi) is 4.18. The van der Waals surface area contributed by atoms with E-state index in [1.54, 1.807) is 12.1 Å².